The Morgan fingerprint density at radius 1 is 1.60 bits per heavy atom. The highest BCUT2D eigenvalue weighted by Gasteiger charge is 2.40. The summed E-state index contributed by atoms with van der Waals surface area (Å²) >= 11 is 3.40. The second-order valence-electron chi connectivity index (χ2n) is 5.77. The van der Waals surface area contributed by atoms with Crippen LogP contribution in [0.15, 0.2) is 15.5 Å². The molecule has 1 atom stereocenters. The Morgan fingerprint density at radius 2 is 2.30 bits per heavy atom. The maximum absolute atomic E-state index is 12.2. The van der Waals surface area contributed by atoms with Crippen molar-refractivity contribution in [2.75, 3.05) is 11.9 Å². The number of aromatic nitrogens is 2. The molecule has 0 bridgehead atoms. The predicted molar refractivity (Wildman–Crippen MR) is 84.9 cm³/mol. The zero-order valence-corrected chi connectivity index (χ0v) is 13.7. The molecule has 1 aromatic heterocycles. The maximum atomic E-state index is 12.2. The topological polar surface area (TPSA) is 72.9 Å². The van der Waals surface area contributed by atoms with Gasteiger partial charge >= 0.3 is 0 Å². The van der Waals surface area contributed by atoms with Gasteiger partial charge in [-0.05, 0) is 48.0 Å². The van der Waals surface area contributed by atoms with Crippen LogP contribution in [0.4, 0.5) is 5.69 Å². The third-order valence-electron chi connectivity index (χ3n) is 4.03. The summed E-state index contributed by atoms with van der Waals surface area (Å²) in [6.45, 7) is 5.41. The predicted octanol–water partition coefficient (Wildman–Crippen LogP) is 2.35. The van der Waals surface area contributed by atoms with E-state index in [1.54, 1.807) is 6.20 Å². The normalized spacial score (nSPS) is 17.8. The second kappa shape index (κ2) is 6.26. The molecule has 0 radical (unpaired) electrons. The first-order chi connectivity index (χ1) is 9.51. The fraction of sp³-hybridized carbons (Fsp3) is 0.714. The Kier molecular flexibility index (Phi) is 4.86. The van der Waals surface area contributed by atoms with Gasteiger partial charge in [-0.15, -0.1) is 0 Å². The number of rotatable bonds is 7. The number of unbranched alkanes of at least 4 members (excludes halogenated alkanes) is 1. The average Bonchev–Trinajstić information content (AvgIpc) is 3.28. The molecule has 1 aliphatic rings. The lowest BCUT2D eigenvalue weighted by atomic mass is 9.96. The Morgan fingerprint density at radius 3 is 2.85 bits per heavy atom. The molecule has 20 heavy (non-hydrogen) atoms. The van der Waals surface area contributed by atoms with Crippen molar-refractivity contribution < 1.29 is 0 Å². The largest absolute Gasteiger partial charge is 0.376 e. The molecule has 0 aromatic carbocycles. The van der Waals surface area contributed by atoms with Crippen molar-refractivity contribution >= 4 is 21.6 Å². The van der Waals surface area contributed by atoms with Gasteiger partial charge in [0.1, 0.15) is 4.47 Å². The lowest BCUT2D eigenvalue weighted by molar-refractivity contribution is 0.457. The van der Waals surface area contributed by atoms with E-state index in [0.29, 0.717) is 23.5 Å². The number of anilines is 1. The van der Waals surface area contributed by atoms with Gasteiger partial charge in [0, 0.05) is 18.6 Å². The van der Waals surface area contributed by atoms with Crippen molar-refractivity contribution in [3.63, 3.8) is 0 Å². The van der Waals surface area contributed by atoms with E-state index in [1.165, 1.54) is 17.5 Å². The molecule has 1 aromatic rings. The van der Waals surface area contributed by atoms with E-state index < -0.39 is 0 Å². The summed E-state index contributed by atoms with van der Waals surface area (Å²) in [5.41, 5.74) is 6.39. The summed E-state index contributed by atoms with van der Waals surface area (Å²) in [4.78, 5) is 12.2. The maximum Gasteiger partial charge on any atom is 0.283 e. The summed E-state index contributed by atoms with van der Waals surface area (Å²) in [5.74, 6) is 0.585. The van der Waals surface area contributed by atoms with Crippen LogP contribution in [-0.4, -0.2) is 21.9 Å². The molecule has 3 N–H and O–H groups in total. The van der Waals surface area contributed by atoms with Crippen molar-refractivity contribution in [2.24, 2.45) is 11.7 Å². The monoisotopic (exact) mass is 342 g/mol. The molecule has 0 saturated heterocycles. The van der Waals surface area contributed by atoms with E-state index >= 15 is 0 Å². The summed E-state index contributed by atoms with van der Waals surface area (Å²) < 4.78 is 2.05. The molecule has 1 aliphatic carbocycles. The summed E-state index contributed by atoms with van der Waals surface area (Å²) in [7, 11) is 0. The van der Waals surface area contributed by atoms with Crippen LogP contribution in [0.2, 0.25) is 0 Å². The quantitative estimate of drug-likeness (QED) is 0.797. The molecule has 1 saturated carbocycles. The number of nitrogens with one attached hydrogen (secondary N) is 1. The molecule has 0 aliphatic heterocycles. The summed E-state index contributed by atoms with van der Waals surface area (Å²) in [5, 5.41) is 7.66. The third kappa shape index (κ3) is 3.23. The van der Waals surface area contributed by atoms with Crippen molar-refractivity contribution in [3.05, 3.63) is 21.0 Å². The van der Waals surface area contributed by atoms with E-state index in [0.717, 1.165) is 18.5 Å². The fourth-order valence-corrected chi connectivity index (χ4v) is 2.77. The Hall–Kier alpha value is -0.880. The molecule has 6 heteroatoms. The van der Waals surface area contributed by atoms with Crippen LogP contribution in [0.1, 0.15) is 39.5 Å². The Bertz CT molecular complexity index is 526. The van der Waals surface area contributed by atoms with Crippen LogP contribution in [-0.2, 0) is 6.54 Å². The highest BCUT2D eigenvalue weighted by Crippen LogP contribution is 2.41. The molecular weight excluding hydrogens is 320 g/mol. The van der Waals surface area contributed by atoms with Gasteiger partial charge in [0.2, 0.25) is 0 Å². The SMILES string of the molecule is CCCCn1ncc(NC(C)(CN)C2CC2)c(Br)c1=O. The lowest BCUT2D eigenvalue weighted by Gasteiger charge is -2.31. The van der Waals surface area contributed by atoms with Crippen LogP contribution in [0.3, 0.4) is 0 Å². The molecule has 2 rings (SSSR count). The van der Waals surface area contributed by atoms with E-state index in [9.17, 15) is 4.79 Å². The standard InChI is InChI=1S/C14H23BrN4O/c1-3-4-7-19-13(20)12(15)11(8-17-19)18-14(2,9-16)10-5-6-10/h8,10,18H,3-7,9,16H2,1-2H3. The highest BCUT2D eigenvalue weighted by molar-refractivity contribution is 9.10. The highest BCUT2D eigenvalue weighted by atomic mass is 79.9. The molecule has 112 valence electrons. The van der Waals surface area contributed by atoms with Gasteiger partial charge in [-0.2, -0.15) is 5.10 Å². The molecular formula is C14H23BrN4O. The van der Waals surface area contributed by atoms with Gasteiger partial charge in [0.05, 0.1) is 11.9 Å². The first-order valence-corrected chi connectivity index (χ1v) is 8.05. The average molecular weight is 343 g/mol. The fourth-order valence-electron chi connectivity index (χ4n) is 2.37. The smallest absolute Gasteiger partial charge is 0.283 e. The van der Waals surface area contributed by atoms with Crippen LogP contribution in [0, 0.1) is 5.92 Å². The Balaban J connectivity index is 2.20. The van der Waals surface area contributed by atoms with E-state index in [-0.39, 0.29) is 11.1 Å². The molecule has 0 amide bonds. The lowest BCUT2D eigenvalue weighted by Crippen LogP contribution is -2.45. The number of hydrogen-bond acceptors (Lipinski definition) is 4. The number of halogens is 1. The van der Waals surface area contributed by atoms with Crippen molar-refractivity contribution in [2.45, 2.75) is 51.6 Å². The molecule has 0 spiro atoms. The van der Waals surface area contributed by atoms with E-state index in [1.807, 2.05) is 0 Å². The number of aryl methyl sites for hydroxylation is 1. The first-order valence-electron chi connectivity index (χ1n) is 7.25. The number of hydrogen-bond donors (Lipinski definition) is 2. The minimum Gasteiger partial charge on any atom is -0.376 e. The van der Waals surface area contributed by atoms with Gasteiger partial charge in [0.15, 0.2) is 0 Å². The Labute approximate surface area is 128 Å². The minimum absolute atomic E-state index is 0.0846. The molecule has 1 unspecified atom stereocenters. The van der Waals surface area contributed by atoms with Gasteiger partial charge in [-0.25, -0.2) is 4.68 Å². The molecule has 1 heterocycles. The van der Waals surface area contributed by atoms with Gasteiger partial charge < -0.3 is 11.1 Å². The van der Waals surface area contributed by atoms with Gasteiger partial charge in [-0.3, -0.25) is 4.79 Å². The molecule has 5 nitrogen and oxygen atoms in total. The van der Waals surface area contributed by atoms with Crippen molar-refractivity contribution in [3.8, 4) is 0 Å². The van der Waals surface area contributed by atoms with E-state index in [2.05, 4.69) is 40.2 Å². The van der Waals surface area contributed by atoms with E-state index in [4.69, 9.17) is 5.73 Å². The summed E-state index contributed by atoms with van der Waals surface area (Å²) in [6, 6.07) is 0. The van der Waals surface area contributed by atoms with Crippen LogP contribution >= 0.6 is 15.9 Å². The van der Waals surface area contributed by atoms with Crippen molar-refractivity contribution in [1.82, 2.24) is 9.78 Å². The van der Waals surface area contributed by atoms with Crippen molar-refractivity contribution in [1.29, 1.82) is 0 Å². The summed E-state index contributed by atoms with van der Waals surface area (Å²) in [6.07, 6.45) is 6.10. The first kappa shape index (κ1) is 15.5. The van der Waals surface area contributed by atoms with Crippen LogP contribution in [0.5, 0.6) is 0 Å². The van der Waals surface area contributed by atoms with Crippen LogP contribution in [0.25, 0.3) is 0 Å². The number of nitrogens with two attached hydrogens (primary N) is 1. The van der Waals surface area contributed by atoms with Crippen LogP contribution < -0.4 is 16.6 Å². The number of nitrogens with zero attached hydrogens (tertiary/aromatic N) is 2. The van der Waals surface area contributed by atoms with Gasteiger partial charge in [0.25, 0.3) is 5.56 Å². The van der Waals surface area contributed by atoms with Gasteiger partial charge in [-0.1, -0.05) is 13.3 Å². The molecule has 1 fully saturated rings. The zero-order valence-electron chi connectivity index (χ0n) is 12.2. The zero-order chi connectivity index (χ0) is 14.8. The second-order valence-corrected chi connectivity index (χ2v) is 6.57. The minimum atomic E-state index is -0.160. The third-order valence-corrected chi connectivity index (χ3v) is 4.80.